The largest absolute Gasteiger partial charge is 0.310 e. The first-order valence-electron chi connectivity index (χ1n) is 7.40. The fourth-order valence-electron chi connectivity index (χ4n) is 2.61. The van der Waals surface area contributed by atoms with Gasteiger partial charge in [-0.25, -0.2) is 0 Å². The third-order valence-electron chi connectivity index (χ3n) is 3.73. The molecule has 0 aliphatic rings. The molecule has 1 unspecified atom stereocenters. The number of benzene rings is 1. The summed E-state index contributed by atoms with van der Waals surface area (Å²) in [6.45, 7) is 7.53. The van der Waals surface area contributed by atoms with Gasteiger partial charge in [0.25, 0.3) is 0 Å². The van der Waals surface area contributed by atoms with Crippen LogP contribution in [0.25, 0.3) is 0 Å². The van der Waals surface area contributed by atoms with E-state index in [9.17, 15) is 0 Å². The number of nitrogens with zero attached hydrogens (tertiary/aromatic N) is 1. The molecule has 2 rings (SSSR count). The van der Waals surface area contributed by atoms with Gasteiger partial charge in [0.2, 0.25) is 0 Å². The Morgan fingerprint density at radius 2 is 1.85 bits per heavy atom. The molecule has 1 N–H and O–H groups in total. The molecule has 0 bridgehead atoms. The molecule has 2 heteroatoms. The molecule has 0 fully saturated rings. The molecule has 0 amide bonds. The Kier molecular flexibility index (Phi) is 5.31. The van der Waals surface area contributed by atoms with Crippen molar-refractivity contribution in [2.75, 3.05) is 6.54 Å². The molecule has 0 saturated carbocycles. The van der Waals surface area contributed by atoms with Crippen LogP contribution >= 0.6 is 0 Å². The van der Waals surface area contributed by atoms with Gasteiger partial charge < -0.3 is 5.32 Å². The second-order valence-corrected chi connectivity index (χ2v) is 5.36. The maximum absolute atomic E-state index is 4.08. The van der Waals surface area contributed by atoms with E-state index in [1.807, 2.05) is 12.4 Å². The summed E-state index contributed by atoms with van der Waals surface area (Å²) in [6.07, 6.45) is 5.93. The molecule has 0 saturated heterocycles. The van der Waals surface area contributed by atoms with Gasteiger partial charge in [0, 0.05) is 18.4 Å². The Morgan fingerprint density at radius 1 is 1.10 bits per heavy atom. The second kappa shape index (κ2) is 7.20. The molecule has 0 spiro atoms. The number of pyridine rings is 1. The lowest BCUT2D eigenvalue weighted by atomic mass is 9.94. The molecular formula is C18H24N2. The first kappa shape index (κ1) is 14.7. The summed E-state index contributed by atoms with van der Waals surface area (Å²) in [4.78, 5) is 4.08. The molecule has 2 aromatic rings. The third kappa shape index (κ3) is 3.91. The van der Waals surface area contributed by atoms with Gasteiger partial charge in [-0.2, -0.15) is 0 Å². The van der Waals surface area contributed by atoms with E-state index < -0.39 is 0 Å². The number of nitrogens with one attached hydrogen (secondary N) is 1. The zero-order valence-corrected chi connectivity index (χ0v) is 12.7. The third-order valence-corrected chi connectivity index (χ3v) is 3.73. The van der Waals surface area contributed by atoms with Gasteiger partial charge in [-0.1, -0.05) is 30.7 Å². The molecular weight excluding hydrogens is 244 g/mol. The van der Waals surface area contributed by atoms with Crippen molar-refractivity contribution < 1.29 is 0 Å². The van der Waals surface area contributed by atoms with E-state index in [1.165, 1.54) is 22.3 Å². The minimum atomic E-state index is 0.424. The second-order valence-electron chi connectivity index (χ2n) is 5.36. The van der Waals surface area contributed by atoms with Gasteiger partial charge >= 0.3 is 0 Å². The monoisotopic (exact) mass is 268 g/mol. The number of aryl methyl sites for hydroxylation is 3. The summed E-state index contributed by atoms with van der Waals surface area (Å²) >= 11 is 0. The van der Waals surface area contributed by atoms with Crippen LogP contribution in [-0.4, -0.2) is 11.5 Å². The average molecular weight is 268 g/mol. The zero-order valence-electron chi connectivity index (χ0n) is 12.7. The van der Waals surface area contributed by atoms with Crippen LogP contribution in [0.5, 0.6) is 0 Å². The number of aromatic nitrogens is 1. The van der Waals surface area contributed by atoms with Crippen molar-refractivity contribution in [1.29, 1.82) is 0 Å². The van der Waals surface area contributed by atoms with Crippen molar-refractivity contribution >= 4 is 0 Å². The number of rotatable bonds is 6. The standard InChI is InChI=1S/C18H24N2/c1-4-20-18(8-7-16-9-11-19-12-10-16)17-13-14(2)5-6-15(17)3/h5-6,9-13,18,20H,4,7-8H2,1-3H3. The summed E-state index contributed by atoms with van der Waals surface area (Å²) in [6, 6.07) is 11.4. The van der Waals surface area contributed by atoms with E-state index in [0.717, 1.165) is 19.4 Å². The predicted molar refractivity (Wildman–Crippen MR) is 84.9 cm³/mol. The Balaban J connectivity index is 2.12. The van der Waals surface area contributed by atoms with E-state index in [0.29, 0.717) is 6.04 Å². The molecule has 0 radical (unpaired) electrons. The van der Waals surface area contributed by atoms with E-state index in [2.05, 4.69) is 61.4 Å². The van der Waals surface area contributed by atoms with Gasteiger partial charge in [-0.3, -0.25) is 4.98 Å². The molecule has 1 aromatic heterocycles. The molecule has 1 aromatic carbocycles. The highest BCUT2D eigenvalue weighted by Gasteiger charge is 2.13. The SMILES string of the molecule is CCNC(CCc1ccncc1)c1cc(C)ccc1C. The van der Waals surface area contributed by atoms with Crippen LogP contribution in [0.4, 0.5) is 0 Å². The first-order chi connectivity index (χ1) is 9.70. The summed E-state index contributed by atoms with van der Waals surface area (Å²) in [5.74, 6) is 0. The lowest BCUT2D eigenvalue weighted by molar-refractivity contribution is 0.513. The van der Waals surface area contributed by atoms with Gasteiger partial charge in [0.1, 0.15) is 0 Å². The molecule has 1 heterocycles. The minimum Gasteiger partial charge on any atom is -0.310 e. The van der Waals surface area contributed by atoms with E-state index in [4.69, 9.17) is 0 Å². The fraction of sp³-hybridized carbons (Fsp3) is 0.389. The average Bonchev–Trinajstić information content (AvgIpc) is 2.47. The molecule has 0 aliphatic heterocycles. The highest BCUT2D eigenvalue weighted by atomic mass is 14.9. The van der Waals surface area contributed by atoms with Crippen LogP contribution in [0.1, 0.15) is 41.6 Å². The zero-order chi connectivity index (χ0) is 14.4. The first-order valence-corrected chi connectivity index (χ1v) is 7.40. The van der Waals surface area contributed by atoms with E-state index in [-0.39, 0.29) is 0 Å². The number of hydrogen-bond donors (Lipinski definition) is 1. The normalized spacial score (nSPS) is 12.3. The topological polar surface area (TPSA) is 24.9 Å². The Bertz CT molecular complexity index is 534. The Labute approximate surface area is 122 Å². The maximum Gasteiger partial charge on any atom is 0.0326 e. The number of hydrogen-bond acceptors (Lipinski definition) is 2. The molecule has 20 heavy (non-hydrogen) atoms. The van der Waals surface area contributed by atoms with Gasteiger partial charge in [-0.05, 0) is 62.1 Å². The highest BCUT2D eigenvalue weighted by Crippen LogP contribution is 2.23. The summed E-state index contributed by atoms with van der Waals surface area (Å²) in [5.41, 5.74) is 5.49. The summed E-state index contributed by atoms with van der Waals surface area (Å²) < 4.78 is 0. The van der Waals surface area contributed by atoms with Crippen molar-refractivity contribution in [2.24, 2.45) is 0 Å². The van der Waals surface area contributed by atoms with Crippen LogP contribution in [0.15, 0.2) is 42.7 Å². The van der Waals surface area contributed by atoms with Crippen LogP contribution in [0, 0.1) is 13.8 Å². The van der Waals surface area contributed by atoms with Crippen LogP contribution in [-0.2, 0) is 6.42 Å². The summed E-state index contributed by atoms with van der Waals surface area (Å²) in [7, 11) is 0. The van der Waals surface area contributed by atoms with Crippen molar-refractivity contribution in [1.82, 2.24) is 10.3 Å². The lowest BCUT2D eigenvalue weighted by Gasteiger charge is -2.21. The van der Waals surface area contributed by atoms with Crippen molar-refractivity contribution in [3.8, 4) is 0 Å². The van der Waals surface area contributed by atoms with Crippen LogP contribution in [0.3, 0.4) is 0 Å². The van der Waals surface area contributed by atoms with Crippen LogP contribution in [0.2, 0.25) is 0 Å². The van der Waals surface area contributed by atoms with Crippen molar-refractivity contribution in [3.63, 3.8) is 0 Å². The quantitative estimate of drug-likeness (QED) is 0.857. The predicted octanol–water partition coefficient (Wildman–Crippen LogP) is 3.98. The molecule has 0 aliphatic carbocycles. The molecule has 2 nitrogen and oxygen atoms in total. The lowest BCUT2D eigenvalue weighted by Crippen LogP contribution is -2.22. The van der Waals surface area contributed by atoms with Crippen molar-refractivity contribution in [3.05, 3.63) is 65.0 Å². The smallest absolute Gasteiger partial charge is 0.0326 e. The van der Waals surface area contributed by atoms with Gasteiger partial charge in [0.15, 0.2) is 0 Å². The van der Waals surface area contributed by atoms with Gasteiger partial charge in [0.05, 0.1) is 0 Å². The van der Waals surface area contributed by atoms with Crippen molar-refractivity contribution in [2.45, 2.75) is 39.7 Å². The Morgan fingerprint density at radius 3 is 2.55 bits per heavy atom. The molecule has 106 valence electrons. The molecule has 1 atom stereocenters. The van der Waals surface area contributed by atoms with E-state index >= 15 is 0 Å². The summed E-state index contributed by atoms with van der Waals surface area (Å²) in [5, 5.41) is 3.62. The minimum absolute atomic E-state index is 0.424. The van der Waals surface area contributed by atoms with E-state index in [1.54, 1.807) is 0 Å². The Hall–Kier alpha value is -1.67. The highest BCUT2D eigenvalue weighted by molar-refractivity contribution is 5.33. The van der Waals surface area contributed by atoms with Crippen LogP contribution < -0.4 is 5.32 Å². The maximum atomic E-state index is 4.08. The van der Waals surface area contributed by atoms with Gasteiger partial charge in [-0.15, -0.1) is 0 Å². The fourth-order valence-corrected chi connectivity index (χ4v) is 2.61.